The van der Waals surface area contributed by atoms with Crippen molar-refractivity contribution in [2.75, 3.05) is 0 Å². The fourth-order valence-electron chi connectivity index (χ4n) is 1.28. The van der Waals surface area contributed by atoms with Gasteiger partial charge in [-0.1, -0.05) is 0 Å². The molecule has 0 fully saturated rings. The maximum Gasteiger partial charge on any atom is 0.354 e. The van der Waals surface area contributed by atoms with Gasteiger partial charge in [-0.3, -0.25) is 0 Å². The number of carbonyl (C=O) groups is 1. The molecule has 0 aromatic carbocycles. The molecule has 0 spiro atoms. The lowest BCUT2D eigenvalue weighted by Gasteiger charge is -2.12. The van der Waals surface area contributed by atoms with E-state index in [1.165, 1.54) is 6.20 Å². The number of hydrogen-bond donors (Lipinski definition) is 2. The summed E-state index contributed by atoms with van der Waals surface area (Å²) in [6, 6.07) is 0.0622. The van der Waals surface area contributed by atoms with E-state index in [1.54, 1.807) is 4.57 Å². The third kappa shape index (κ3) is 1.70. The van der Waals surface area contributed by atoms with Gasteiger partial charge in [-0.05, 0) is 13.8 Å². The number of nitrogens with zero attached hydrogens (tertiary/aromatic N) is 2. The standard InChI is InChI=1S/C8H13N3O2/c1-5(2)11-6(8(12)13)4-10-7(11)3-9/h4-5H,3,9H2,1-2H3,(H,12,13). The van der Waals surface area contributed by atoms with E-state index >= 15 is 0 Å². The van der Waals surface area contributed by atoms with Gasteiger partial charge in [0.25, 0.3) is 0 Å². The number of aromatic carboxylic acids is 1. The van der Waals surface area contributed by atoms with Crippen molar-refractivity contribution in [1.82, 2.24) is 9.55 Å². The van der Waals surface area contributed by atoms with Crippen molar-refractivity contribution in [2.24, 2.45) is 5.73 Å². The van der Waals surface area contributed by atoms with Crippen LogP contribution in [0, 0.1) is 0 Å². The monoisotopic (exact) mass is 183 g/mol. The van der Waals surface area contributed by atoms with Gasteiger partial charge >= 0.3 is 5.97 Å². The number of carboxylic acids is 1. The van der Waals surface area contributed by atoms with E-state index < -0.39 is 5.97 Å². The highest BCUT2D eigenvalue weighted by Crippen LogP contribution is 2.13. The normalized spacial score (nSPS) is 10.8. The fourth-order valence-corrected chi connectivity index (χ4v) is 1.28. The van der Waals surface area contributed by atoms with Crippen molar-refractivity contribution in [3.8, 4) is 0 Å². The van der Waals surface area contributed by atoms with E-state index in [0.717, 1.165) is 0 Å². The van der Waals surface area contributed by atoms with E-state index in [4.69, 9.17) is 10.8 Å². The Morgan fingerprint density at radius 3 is 2.77 bits per heavy atom. The molecule has 3 N–H and O–H groups in total. The molecule has 13 heavy (non-hydrogen) atoms. The Balaban J connectivity index is 3.22. The first kappa shape index (κ1) is 9.73. The summed E-state index contributed by atoms with van der Waals surface area (Å²) >= 11 is 0. The molecule has 0 saturated carbocycles. The highest BCUT2D eigenvalue weighted by molar-refractivity contribution is 5.85. The average Bonchev–Trinajstić information content (AvgIpc) is 2.46. The van der Waals surface area contributed by atoms with Crippen LogP contribution in [0.2, 0.25) is 0 Å². The third-order valence-corrected chi connectivity index (χ3v) is 1.79. The largest absolute Gasteiger partial charge is 0.477 e. The second-order valence-electron chi connectivity index (χ2n) is 3.03. The predicted molar refractivity (Wildman–Crippen MR) is 47.5 cm³/mol. The molecule has 0 radical (unpaired) electrons. The SMILES string of the molecule is CC(C)n1c(C(=O)O)cnc1CN. The Morgan fingerprint density at radius 2 is 2.38 bits per heavy atom. The molecule has 0 aliphatic carbocycles. The van der Waals surface area contributed by atoms with Crippen LogP contribution < -0.4 is 5.73 Å². The molecule has 1 aromatic rings. The van der Waals surface area contributed by atoms with Gasteiger partial charge in [0, 0.05) is 6.04 Å². The van der Waals surface area contributed by atoms with Crippen molar-refractivity contribution in [2.45, 2.75) is 26.4 Å². The second-order valence-corrected chi connectivity index (χ2v) is 3.03. The molecule has 0 aliphatic rings. The Hall–Kier alpha value is -1.36. The summed E-state index contributed by atoms with van der Waals surface area (Å²) in [5.74, 6) is -0.367. The van der Waals surface area contributed by atoms with Crippen LogP contribution >= 0.6 is 0 Å². The van der Waals surface area contributed by atoms with Crippen LogP contribution in [0.15, 0.2) is 6.20 Å². The summed E-state index contributed by atoms with van der Waals surface area (Å²) in [5.41, 5.74) is 5.62. The minimum absolute atomic E-state index is 0.0622. The Labute approximate surface area is 76.2 Å². The molecule has 5 heteroatoms. The first-order valence-corrected chi connectivity index (χ1v) is 4.07. The number of aromatic nitrogens is 2. The van der Waals surface area contributed by atoms with E-state index in [1.807, 2.05) is 13.8 Å². The summed E-state index contributed by atoms with van der Waals surface area (Å²) in [6.45, 7) is 4.05. The number of imidazole rings is 1. The molecule has 1 heterocycles. The van der Waals surface area contributed by atoms with Crippen LogP contribution in [0.25, 0.3) is 0 Å². The van der Waals surface area contributed by atoms with Crippen LogP contribution in [-0.4, -0.2) is 20.6 Å². The smallest absolute Gasteiger partial charge is 0.354 e. The predicted octanol–water partition coefficient (Wildman–Crippen LogP) is 0.621. The maximum absolute atomic E-state index is 10.8. The van der Waals surface area contributed by atoms with Gasteiger partial charge in [0.2, 0.25) is 0 Å². The summed E-state index contributed by atoms with van der Waals surface area (Å²) in [7, 11) is 0. The van der Waals surface area contributed by atoms with Crippen LogP contribution in [-0.2, 0) is 6.54 Å². The summed E-state index contributed by atoms with van der Waals surface area (Å²) in [5, 5.41) is 8.82. The van der Waals surface area contributed by atoms with Crippen molar-refractivity contribution in [3.05, 3.63) is 17.7 Å². The molecule has 1 rings (SSSR count). The molecule has 0 amide bonds. The molecule has 5 nitrogen and oxygen atoms in total. The highest BCUT2D eigenvalue weighted by atomic mass is 16.4. The Bertz CT molecular complexity index is 317. The molecule has 1 aromatic heterocycles. The van der Waals surface area contributed by atoms with Crippen molar-refractivity contribution in [3.63, 3.8) is 0 Å². The van der Waals surface area contributed by atoms with Gasteiger partial charge < -0.3 is 15.4 Å². The first-order valence-electron chi connectivity index (χ1n) is 4.07. The third-order valence-electron chi connectivity index (χ3n) is 1.79. The topological polar surface area (TPSA) is 81.1 Å². The van der Waals surface area contributed by atoms with Crippen LogP contribution in [0.1, 0.15) is 36.2 Å². The zero-order chi connectivity index (χ0) is 10.0. The van der Waals surface area contributed by atoms with Crippen LogP contribution in [0.5, 0.6) is 0 Å². The summed E-state index contributed by atoms with van der Waals surface area (Å²) < 4.78 is 1.63. The lowest BCUT2D eigenvalue weighted by molar-refractivity contribution is 0.0683. The second kappa shape index (κ2) is 3.57. The van der Waals surface area contributed by atoms with E-state index in [9.17, 15) is 4.79 Å². The molecule has 0 atom stereocenters. The number of nitrogens with two attached hydrogens (primary N) is 1. The van der Waals surface area contributed by atoms with Gasteiger partial charge in [-0.15, -0.1) is 0 Å². The lowest BCUT2D eigenvalue weighted by atomic mass is 10.3. The van der Waals surface area contributed by atoms with Crippen LogP contribution in [0.4, 0.5) is 0 Å². The zero-order valence-electron chi connectivity index (χ0n) is 7.69. The molecule has 72 valence electrons. The van der Waals surface area contributed by atoms with Gasteiger partial charge in [0.15, 0.2) is 0 Å². The molecule has 0 aliphatic heterocycles. The Morgan fingerprint density at radius 1 is 1.77 bits per heavy atom. The fraction of sp³-hybridized carbons (Fsp3) is 0.500. The van der Waals surface area contributed by atoms with E-state index in [2.05, 4.69) is 4.98 Å². The van der Waals surface area contributed by atoms with Gasteiger partial charge in [-0.2, -0.15) is 0 Å². The quantitative estimate of drug-likeness (QED) is 0.719. The first-order chi connectivity index (χ1) is 6.07. The maximum atomic E-state index is 10.8. The summed E-state index contributed by atoms with van der Waals surface area (Å²) in [4.78, 5) is 14.7. The molecular formula is C8H13N3O2. The minimum Gasteiger partial charge on any atom is -0.477 e. The number of rotatable bonds is 3. The Kier molecular flexibility index (Phi) is 2.67. The van der Waals surface area contributed by atoms with E-state index in [0.29, 0.717) is 5.82 Å². The lowest BCUT2D eigenvalue weighted by Crippen LogP contribution is -2.15. The van der Waals surface area contributed by atoms with Crippen LogP contribution in [0.3, 0.4) is 0 Å². The van der Waals surface area contributed by atoms with Crippen molar-refractivity contribution < 1.29 is 9.90 Å². The molecular weight excluding hydrogens is 170 g/mol. The van der Waals surface area contributed by atoms with Gasteiger partial charge in [0.1, 0.15) is 11.5 Å². The zero-order valence-corrected chi connectivity index (χ0v) is 7.69. The highest BCUT2D eigenvalue weighted by Gasteiger charge is 2.16. The number of carboxylic acid groups (broad SMARTS) is 1. The molecule has 0 saturated heterocycles. The van der Waals surface area contributed by atoms with Crippen molar-refractivity contribution >= 4 is 5.97 Å². The van der Waals surface area contributed by atoms with E-state index in [-0.39, 0.29) is 18.3 Å². The van der Waals surface area contributed by atoms with Gasteiger partial charge in [-0.25, -0.2) is 9.78 Å². The average molecular weight is 183 g/mol. The minimum atomic E-state index is -0.971. The van der Waals surface area contributed by atoms with Crippen molar-refractivity contribution in [1.29, 1.82) is 0 Å². The molecule has 0 unspecified atom stereocenters. The van der Waals surface area contributed by atoms with Gasteiger partial charge in [0.05, 0.1) is 12.7 Å². The summed E-state index contributed by atoms with van der Waals surface area (Å²) in [6.07, 6.45) is 1.34. The number of hydrogen-bond acceptors (Lipinski definition) is 3. The molecule has 0 bridgehead atoms.